The number of nitrogens with zero attached hydrogens (tertiary/aromatic N) is 2. The zero-order valence-electron chi connectivity index (χ0n) is 17.6. The molecule has 31 heavy (non-hydrogen) atoms. The topological polar surface area (TPSA) is 64.4 Å². The third-order valence-corrected chi connectivity index (χ3v) is 6.02. The maximum atomic E-state index is 13.2. The lowest BCUT2D eigenvalue weighted by Gasteiger charge is -2.32. The Bertz CT molecular complexity index is 1120. The normalized spacial score (nSPS) is 17.3. The molecule has 0 amide bonds. The van der Waals surface area contributed by atoms with E-state index in [4.69, 9.17) is 18.6 Å². The van der Waals surface area contributed by atoms with E-state index in [9.17, 15) is 4.79 Å². The Morgan fingerprint density at radius 1 is 1.00 bits per heavy atom. The molecule has 1 aromatic heterocycles. The van der Waals surface area contributed by atoms with Crippen LogP contribution in [0.4, 0.5) is 0 Å². The van der Waals surface area contributed by atoms with Gasteiger partial charge >= 0.3 is 0 Å². The number of hydrogen-bond donors (Lipinski definition) is 0. The summed E-state index contributed by atoms with van der Waals surface area (Å²) in [5.41, 5.74) is 2.84. The van der Waals surface area contributed by atoms with Gasteiger partial charge in [-0.3, -0.25) is 14.6 Å². The second-order valence-electron chi connectivity index (χ2n) is 7.91. The lowest BCUT2D eigenvalue weighted by molar-refractivity contribution is 0.0241. The van der Waals surface area contributed by atoms with Gasteiger partial charge in [-0.25, -0.2) is 0 Å². The Balaban J connectivity index is 1.40. The van der Waals surface area contributed by atoms with Crippen molar-refractivity contribution in [2.45, 2.75) is 6.54 Å². The molecule has 0 radical (unpaired) electrons. The van der Waals surface area contributed by atoms with Gasteiger partial charge in [0.2, 0.25) is 5.43 Å². The molecule has 0 N–H and O–H groups in total. The van der Waals surface area contributed by atoms with Crippen molar-refractivity contribution in [3.8, 4) is 22.6 Å². The quantitative estimate of drug-likeness (QED) is 0.626. The molecule has 2 aliphatic rings. The Hall–Kier alpha value is -2.87. The van der Waals surface area contributed by atoms with Gasteiger partial charge in [0.1, 0.15) is 30.1 Å². The summed E-state index contributed by atoms with van der Waals surface area (Å²) in [6, 6.07) is 11.1. The summed E-state index contributed by atoms with van der Waals surface area (Å²) in [6.07, 6.45) is 1.55. The first-order chi connectivity index (χ1) is 15.2. The monoisotopic (exact) mass is 422 g/mol. The van der Waals surface area contributed by atoms with Crippen LogP contribution in [0, 0.1) is 0 Å². The van der Waals surface area contributed by atoms with Gasteiger partial charge < -0.3 is 18.6 Å². The van der Waals surface area contributed by atoms with E-state index in [1.165, 1.54) is 0 Å². The van der Waals surface area contributed by atoms with Crippen molar-refractivity contribution in [2.24, 2.45) is 0 Å². The summed E-state index contributed by atoms with van der Waals surface area (Å²) in [6.45, 7) is 6.63. The molecule has 1 saturated heterocycles. The molecule has 0 spiro atoms. The van der Waals surface area contributed by atoms with Crippen molar-refractivity contribution in [3.05, 3.63) is 58.4 Å². The van der Waals surface area contributed by atoms with E-state index in [0.717, 1.165) is 62.0 Å². The molecule has 162 valence electrons. The first-order valence-electron chi connectivity index (χ1n) is 10.6. The number of morpholine rings is 1. The van der Waals surface area contributed by atoms with Gasteiger partial charge in [-0.05, 0) is 29.8 Å². The van der Waals surface area contributed by atoms with Crippen molar-refractivity contribution in [1.82, 2.24) is 9.80 Å². The van der Waals surface area contributed by atoms with Crippen LogP contribution in [0.15, 0.2) is 51.9 Å². The molecular weight excluding hydrogens is 396 g/mol. The molecule has 3 aromatic rings. The lowest BCUT2D eigenvalue weighted by Crippen LogP contribution is -2.43. The summed E-state index contributed by atoms with van der Waals surface area (Å²) in [5.74, 6) is 1.53. The smallest absolute Gasteiger partial charge is 0.200 e. The molecule has 0 atom stereocenters. The molecular formula is C24H26N2O5. The van der Waals surface area contributed by atoms with Crippen molar-refractivity contribution >= 4 is 11.0 Å². The SMILES string of the molecule is COc1ccc(-c2coc3c4c(ccc3c2=O)OCN(CCN2CCOCC2)C4)cc1. The first kappa shape index (κ1) is 20.1. The van der Waals surface area contributed by atoms with Gasteiger partial charge in [-0.15, -0.1) is 0 Å². The summed E-state index contributed by atoms with van der Waals surface area (Å²) < 4.78 is 22.6. The second-order valence-corrected chi connectivity index (χ2v) is 7.91. The fourth-order valence-electron chi connectivity index (χ4n) is 4.18. The van der Waals surface area contributed by atoms with E-state index in [-0.39, 0.29) is 5.43 Å². The lowest BCUT2D eigenvalue weighted by atomic mass is 10.0. The molecule has 0 bridgehead atoms. The van der Waals surface area contributed by atoms with E-state index >= 15 is 0 Å². The van der Waals surface area contributed by atoms with Gasteiger partial charge in [-0.2, -0.15) is 0 Å². The largest absolute Gasteiger partial charge is 0.497 e. The van der Waals surface area contributed by atoms with Crippen LogP contribution < -0.4 is 14.9 Å². The van der Waals surface area contributed by atoms with Crippen LogP contribution >= 0.6 is 0 Å². The number of hydrogen-bond acceptors (Lipinski definition) is 7. The third-order valence-electron chi connectivity index (χ3n) is 6.02. The molecule has 3 heterocycles. The molecule has 7 heteroatoms. The highest BCUT2D eigenvalue weighted by atomic mass is 16.5. The summed E-state index contributed by atoms with van der Waals surface area (Å²) in [5, 5.41) is 0.575. The van der Waals surface area contributed by atoms with Crippen LogP contribution in [-0.4, -0.2) is 63.0 Å². The van der Waals surface area contributed by atoms with Gasteiger partial charge in [-0.1, -0.05) is 12.1 Å². The van der Waals surface area contributed by atoms with E-state index < -0.39 is 0 Å². The van der Waals surface area contributed by atoms with Gasteiger partial charge in [0.15, 0.2) is 0 Å². The minimum absolute atomic E-state index is 0.0420. The second kappa shape index (κ2) is 8.70. The maximum absolute atomic E-state index is 13.2. The summed E-state index contributed by atoms with van der Waals surface area (Å²) in [7, 11) is 1.62. The molecule has 0 aliphatic carbocycles. The van der Waals surface area contributed by atoms with Crippen LogP contribution in [0.2, 0.25) is 0 Å². The predicted octanol–water partition coefficient (Wildman–Crippen LogP) is 2.95. The minimum Gasteiger partial charge on any atom is -0.497 e. The van der Waals surface area contributed by atoms with Crippen LogP contribution in [0.1, 0.15) is 5.56 Å². The van der Waals surface area contributed by atoms with Gasteiger partial charge in [0.25, 0.3) is 0 Å². The number of methoxy groups -OCH3 is 1. The van der Waals surface area contributed by atoms with E-state index in [1.54, 1.807) is 19.4 Å². The average molecular weight is 422 g/mol. The predicted molar refractivity (Wildman–Crippen MR) is 118 cm³/mol. The van der Waals surface area contributed by atoms with E-state index in [2.05, 4.69) is 9.80 Å². The molecule has 1 fully saturated rings. The van der Waals surface area contributed by atoms with Crippen molar-refractivity contribution in [2.75, 3.05) is 53.2 Å². The van der Waals surface area contributed by atoms with Gasteiger partial charge in [0, 0.05) is 32.7 Å². The Morgan fingerprint density at radius 2 is 1.77 bits per heavy atom. The van der Waals surface area contributed by atoms with Crippen molar-refractivity contribution in [1.29, 1.82) is 0 Å². The van der Waals surface area contributed by atoms with Crippen molar-refractivity contribution < 1.29 is 18.6 Å². The highest BCUT2D eigenvalue weighted by Gasteiger charge is 2.23. The number of benzene rings is 2. The third kappa shape index (κ3) is 4.04. The fourth-order valence-corrected chi connectivity index (χ4v) is 4.18. The zero-order chi connectivity index (χ0) is 21.2. The standard InChI is InChI=1S/C24H26N2O5/c1-28-18-4-2-17(3-5-18)21-15-30-24-19(23(21)27)6-7-22-20(24)14-26(16-31-22)9-8-25-10-12-29-13-11-25/h2-7,15H,8-14,16H2,1H3. The molecule has 2 aromatic carbocycles. The molecule has 7 nitrogen and oxygen atoms in total. The molecule has 2 aliphatic heterocycles. The first-order valence-corrected chi connectivity index (χ1v) is 10.6. The Kier molecular flexibility index (Phi) is 5.63. The van der Waals surface area contributed by atoms with Gasteiger partial charge in [0.05, 0.1) is 36.8 Å². The molecule has 5 rings (SSSR count). The van der Waals surface area contributed by atoms with Crippen LogP contribution in [0.5, 0.6) is 11.5 Å². The van der Waals surface area contributed by atoms with E-state index in [0.29, 0.717) is 29.8 Å². The van der Waals surface area contributed by atoms with Crippen LogP contribution in [-0.2, 0) is 11.3 Å². The number of ether oxygens (including phenoxy) is 3. The maximum Gasteiger partial charge on any atom is 0.200 e. The fraction of sp³-hybridized carbons (Fsp3) is 0.375. The molecule has 0 unspecified atom stereocenters. The highest BCUT2D eigenvalue weighted by molar-refractivity contribution is 5.85. The zero-order valence-corrected chi connectivity index (χ0v) is 17.6. The molecule has 0 saturated carbocycles. The Labute approximate surface area is 180 Å². The van der Waals surface area contributed by atoms with Crippen LogP contribution in [0.3, 0.4) is 0 Å². The highest BCUT2D eigenvalue weighted by Crippen LogP contribution is 2.32. The summed E-state index contributed by atoms with van der Waals surface area (Å²) >= 11 is 0. The average Bonchev–Trinajstić information content (AvgIpc) is 2.83. The minimum atomic E-state index is -0.0420. The van der Waals surface area contributed by atoms with Crippen molar-refractivity contribution in [3.63, 3.8) is 0 Å². The number of rotatable bonds is 5. The number of fused-ring (bicyclic) bond motifs is 3. The van der Waals surface area contributed by atoms with Crippen LogP contribution in [0.25, 0.3) is 22.1 Å². The van der Waals surface area contributed by atoms with E-state index in [1.807, 2.05) is 30.3 Å². The Morgan fingerprint density at radius 3 is 2.55 bits per heavy atom. The summed E-state index contributed by atoms with van der Waals surface area (Å²) in [4.78, 5) is 17.9.